The lowest BCUT2D eigenvalue weighted by atomic mass is 10.1. The van der Waals surface area contributed by atoms with E-state index < -0.39 is 0 Å². The Bertz CT molecular complexity index is 1610. The number of carbonyl (C=O) groups is 2. The fraction of sp³-hybridized carbons (Fsp3) is 0.395. The predicted octanol–water partition coefficient (Wildman–Crippen LogP) is 4.73. The van der Waals surface area contributed by atoms with Crippen molar-refractivity contribution in [3.8, 4) is 0 Å². The van der Waals surface area contributed by atoms with Crippen molar-refractivity contribution in [2.75, 3.05) is 99.4 Å². The number of nitrogens with one attached hydrogen (secondary N) is 5. The Kier molecular flexibility index (Phi) is 19.9. The van der Waals surface area contributed by atoms with E-state index in [1.807, 2.05) is 36.4 Å². The lowest BCUT2D eigenvalue weighted by molar-refractivity contribution is 0.0519. The fourth-order valence-corrected chi connectivity index (χ4v) is 5.07. The van der Waals surface area contributed by atoms with Crippen LogP contribution in [-0.2, 0) is 25.4 Å². The summed E-state index contributed by atoms with van der Waals surface area (Å²) in [6.07, 6.45) is 1.83. The molecule has 0 bridgehead atoms. The molecule has 0 saturated heterocycles. The van der Waals surface area contributed by atoms with Gasteiger partial charge in [-0.3, -0.25) is 9.59 Å². The number of anilines is 4. The molecular formula is C38H49IN8O6. The number of rotatable bonds is 27. The van der Waals surface area contributed by atoms with E-state index in [0.717, 1.165) is 17.3 Å². The van der Waals surface area contributed by atoms with Gasteiger partial charge in [0, 0.05) is 47.4 Å². The summed E-state index contributed by atoms with van der Waals surface area (Å²) in [4.78, 5) is 38.3. The lowest BCUT2D eigenvalue weighted by Gasteiger charge is -2.12. The Labute approximate surface area is 324 Å². The highest BCUT2D eigenvalue weighted by Gasteiger charge is 2.10. The Morgan fingerprint density at radius 2 is 1.02 bits per heavy atom. The van der Waals surface area contributed by atoms with E-state index in [4.69, 9.17) is 18.9 Å². The summed E-state index contributed by atoms with van der Waals surface area (Å²) < 4.78 is 23.1. The van der Waals surface area contributed by atoms with Crippen molar-refractivity contribution in [3.63, 3.8) is 0 Å². The first-order valence-electron chi connectivity index (χ1n) is 17.7. The van der Waals surface area contributed by atoms with Crippen LogP contribution < -0.4 is 26.6 Å². The third-order valence-corrected chi connectivity index (χ3v) is 7.84. The lowest BCUT2D eigenvalue weighted by Crippen LogP contribution is -2.27. The van der Waals surface area contributed by atoms with E-state index in [-0.39, 0.29) is 11.8 Å². The number of amides is 2. The van der Waals surface area contributed by atoms with Gasteiger partial charge in [0.05, 0.1) is 52.9 Å². The molecule has 0 atom stereocenters. The minimum absolute atomic E-state index is 0.126. The van der Waals surface area contributed by atoms with Gasteiger partial charge >= 0.3 is 0 Å². The topological polar surface area (TPSA) is 170 Å². The van der Waals surface area contributed by atoms with Crippen molar-refractivity contribution in [1.29, 1.82) is 0 Å². The van der Waals surface area contributed by atoms with E-state index in [2.05, 4.69) is 76.3 Å². The van der Waals surface area contributed by atoms with Crippen LogP contribution in [0.25, 0.3) is 0 Å². The maximum absolute atomic E-state index is 12.6. The number of halogens is 1. The van der Waals surface area contributed by atoms with Gasteiger partial charge < -0.3 is 45.5 Å². The third kappa shape index (κ3) is 17.3. The molecule has 4 rings (SSSR count). The number of aromatic nitrogens is 3. The molecule has 4 aromatic rings. The van der Waals surface area contributed by atoms with E-state index in [9.17, 15) is 9.59 Å². The van der Waals surface area contributed by atoms with Crippen molar-refractivity contribution in [3.05, 3.63) is 102 Å². The summed E-state index contributed by atoms with van der Waals surface area (Å²) in [5, 5.41) is 15.4. The molecule has 15 heteroatoms. The number of hydrogen-bond donors (Lipinski definition) is 5. The molecule has 0 aliphatic rings. The molecule has 2 amide bonds. The first-order valence-corrected chi connectivity index (χ1v) is 19.3. The average molecular weight is 841 g/mol. The minimum Gasteiger partial charge on any atom is -0.378 e. The quantitative estimate of drug-likeness (QED) is 0.0319. The predicted molar refractivity (Wildman–Crippen MR) is 215 cm³/mol. The maximum atomic E-state index is 12.6. The standard InChI is InChI=1S/C38H49IN8O6/c39-17-22-50-26-27-51-24-20-41-35(49)32-13-15-33(16-14-32)44-38-46-36(42-18-7-10-30-8-3-1-4-9-30)45-37(47-38)43-21-25-53-29-28-52-23-19-40-34(48)31-11-5-2-6-12-31/h1-6,8-9,11-16H,7,10,17-29H2,(H,40,48)(H,41,49)(H3,42,43,44,45,46,47). The Balaban J connectivity index is 1.20. The van der Waals surface area contributed by atoms with Crippen LogP contribution >= 0.6 is 22.6 Å². The summed E-state index contributed by atoms with van der Waals surface area (Å²) in [6.45, 7) is 5.73. The van der Waals surface area contributed by atoms with E-state index in [0.29, 0.717) is 114 Å². The van der Waals surface area contributed by atoms with Crippen molar-refractivity contribution >= 4 is 57.9 Å². The second kappa shape index (κ2) is 25.5. The van der Waals surface area contributed by atoms with Gasteiger partial charge in [0.25, 0.3) is 11.8 Å². The number of hydrogen-bond acceptors (Lipinski definition) is 12. The molecule has 0 unspecified atom stereocenters. The van der Waals surface area contributed by atoms with Gasteiger partial charge in [-0.1, -0.05) is 71.1 Å². The molecular weight excluding hydrogens is 791 g/mol. The van der Waals surface area contributed by atoms with Crippen LogP contribution in [0.15, 0.2) is 84.9 Å². The first kappa shape index (κ1) is 41.3. The zero-order valence-electron chi connectivity index (χ0n) is 29.9. The van der Waals surface area contributed by atoms with Crippen molar-refractivity contribution in [1.82, 2.24) is 25.6 Å². The molecule has 0 aliphatic heterocycles. The Morgan fingerprint density at radius 1 is 0.528 bits per heavy atom. The zero-order valence-corrected chi connectivity index (χ0v) is 32.0. The number of alkyl halides is 1. The highest BCUT2D eigenvalue weighted by atomic mass is 127. The maximum Gasteiger partial charge on any atom is 0.251 e. The SMILES string of the molecule is O=C(NCCOCCOCCI)c1ccc(Nc2nc(NCCCc3ccccc3)nc(NCCOCCOCCNC(=O)c3ccccc3)n2)cc1. The van der Waals surface area contributed by atoms with Gasteiger partial charge in [-0.25, -0.2) is 0 Å². The van der Waals surface area contributed by atoms with Crippen LogP contribution in [0.2, 0.25) is 0 Å². The number of aryl methyl sites for hydroxylation is 1. The highest BCUT2D eigenvalue weighted by Crippen LogP contribution is 2.17. The van der Waals surface area contributed by atoms with Gasteiger partial charge in [0.15, 0.2) is 0 Å². The molecule has 284 valence electrons. The second-order valence-electron chi connectivity index (χ2n) is 11.5. The average Bonchev–Trinajstić information content (AvgIpc) is 3.19. The molecule has 0 fully saturated rings. The van der Waals surface area contributed by atoms with Crippen LogP contribution in [0, 0.1) is 0 Å². The molecule has 5 N–H and O–H groups in total. The molecule has 1 heterocycles. The number of carbonyl (C=O) groups excluding carboxylic acids is 2. The number of benzene rings is 3. The van der Waals surface area contributed by atoms with Gasteiger partial charge in [-0.05, 0) is 54.8 Å². The summed E-state index contributed by atoms with van der Waals surface area (Å²) in [7, 11) is 0. The second-order valence-corrected chi connectivity index (χ2v) is 12.5. The molecule has 3 aromatic carbocycles. The normalized spacial score (nSPS) is 10.8. The molecule has 0 radical (unpaired) electrons. The summed E-state index contributed by atoms with van der Waals surface area (Å²) in [6, 6.07) is 26.5. The molecule has 53 heavy (non-hydrogen) atoms. The molecule has 0 saturated carbocycles. The van der Waals surface area contributed by atoms with Crippen LogP contribution in [0.4, 0.5) is 23.5 Å². The number of nitrogens with zero attached hydrogens (tertiary/aromatic N) is 3. The van der Waals surface area contributed by atoms with Gasteiger partial charge in [0.1, 0.15) is 0 Å². The van der Waals surface area contributed by atoms with Crippen LogP contribution in [0.3, 0.4) is 0 Å². The molecule has 1 aromatic heterocycles. The van der Waals surface area contributed by atoms with E-state index >= 15 is 0 Å². The van der Waals surface area contributed by atoms with Gasteiger partial charge in [-0.15, -0.1) is 0 Å². The van der Waals surface area contributed by atoms with E-state index in [1.165, 1.54) is 5.56 Å². The molecule has 0 spiro atoms. The largest absolute Gasteiger partial charge is 0.378 e. The van der Waals surface area contributed by atoms with Crippen LogP contribution in [-0.4, -0.2) is 110 Å². The smallest absolute Gasteiger partial charge is 0.251 e. The molecule has 14 nitrogen and oxygen atoms in total. The van der Waals surface area contributed by atoms with Crippen LogP contribution in [0.5, 0.6) is 0 Å². The van der Waals surface area contributed by atoms with Crippen molar-refractivity contribution < 1.29 is 28.5 Å². The zero-order chi connectivity index (χ0) is 37.2. The minimum atomic E-state index is -0.184. The van der Waals surface area contributed by atoms with Crippen molar-refractivity contribution in [2.45, 2.75) is 12.8 Å². The summed E-state index contributed by atoms with van der Waals surface area (Å²) in [5.41, 5.74) is 3.13. The monoisotopic (exact) mass is 840 g/mol. The molecule has 0 aliphatic carbocycles. The number of ether oxygens (including phenoxy) is 4. The summed E-state index contributed by atoms with van der Waals surface area (Å²) in [5.74, 6) is 0.853. The Morgan fingerprint density at radius 3 is 1.60 bits per heavy atom. The summed E-state index contributed by atoms with van der Waals surface area (Å²) >= 11 is 2.26. The van der Waals surface area contributed by atoms with Gasteiger partial charge in [0.2, 0.25) is 17.8 Å². The third-order valence-electron chi connectivity index (χ3n) is 7.40. The Hall–Kier alpha value is -4.42. The first-order chi connectivity index (χ1) is 26.1. The highest BCUT2D eigenvalue weighted by molar-refractivity contribution is 14.1. The van der Waals surface area contributed by atoms with E-state index in [1.54, 1.807) is 36.4 Å². The van der Waals surface area contributed by atoms with Crippen LogP contribution in [0.1, 0.15) is 32.7 Å². The van der Waals surface area contributed by atoms with Gasteiger partial charge in [-0.2, -0.15) is 15.0 Å². The fourth-order valence-electron chi connectivity index (χ4n) is 4.76. The van der Waals surface area contributed by atoms with Crippen molar-refractivity contribution in [2.24, 2.45) is 0 Å².